The average molecular weight is 1820 g/mol. The molecule has 9 fully saturated rings. The number of hydrogen-bond donors (Lipinski definition) is 0. The molecule has 0 bridgehead atoms. The van der Waals surface area contributed by atoms with Crippen LogP contribution in [-0.2, 0) is 98.1 Å². The van der Waals surface area contributed by atoms with Gasteiger partial charge in [0.2, 0.25) is 0 Å². The summed E-state index contributed by atoms with van der Waals surface area (Å²) in [4.78, 5) is 0. The van der Waals surface area contributed by atoms with E-state index >= 15 is 0 Å². The Bertz CT molecular complexity index is 1160. The first-order chi connectivity index (χ1) is 32.1. The molecular weight excluding hydrogens is 1690 g/mol. The molecule has 0 atom stereocenters. The summed E-state index contributed by atoms with van der Waals surface area (Å²) in [6, 6.07) is 0. The van der Waals surface area contributed by atoms with Crippen molar-refractivity contribution in [1.29, 1.82) is 0 Å². The zero-order valence-corrected chi connectivity index (χ0v) is 68.9. The summed E-state index contributed by atoms with van der Waals surface area (Å²) in [5.41, 5.74) is 0. The zero-order chi connectivity index (χ0) is 46.1. The van der Waals surface area contributed by atoms with Crippen molar-refractivity contribution < 1.29 is 107 Å². The fourth-order valence-electron chi connectivity index (χ4n) is 16.9. The van der Waals surface area contributed by atoms with Crippen LogP contribution in [0.4, 0.5) is 4.70 Å². The quantitative estimate of drug-likeness (QED) is 0.171. The summed E-state index contributed by atoms with van der Waals surface area (Å²) < 4.78 is 3.56. The van der Waals surface area contributed by atoms with Crippen LogP contribution in [0.2, 0.25) is 10.4 Å². The second-order valence-electron chi connectivity index (χ2n) is 27.8. The number of hydrogen-bond acceptors (Lipinski definition) is 0. The minimum Gasteiger partial charge on any atom is -0.269 e. The van der Waals surface area contributed by atoms with Gasteiger partial charge in [-0.1, -0.05) is 80.1 Å². The van der Waals surface area contributed by atoms with Crippen LogP contribution in [0.3, 0.4) is 0 Å². The largest absolute Gasteiger partial charge is 0.269 e. The summed E-state index contributed by atoms with van der Waals surface area (Å²) in [6.45, 7) is 7.35. The van der Waals surface area contributed by atoms with E-state index < -0.39 is 0 Å². The molecule has 0 aromatic carbocycles. The molecule has 7 heteroatoms. The maximum Gasteiger partial charge on any atom is 0 e. The summed E-state index contributed by atoms with van der Waals surface area (Å²) in [5.74, 6) is 16.4. The Morgan fingerprint density at radius 1 is 0.222 bits per heavy atom. The Kier molecular flexibility index (Phi) is 45.1. The van der Waals surface area contributed by atoms with E-state index in [4.69, 9.17) is 0 Å². The van der Waals surface area contributed by atoms with Crippen molar-refractivity contribution in [3.63, 3.8) is 0 Å². The monoisotopic (exact) mass is 1820 g/mol. The van der Waals surface area contributed by atoms with Crippen molar-refractivity contribution in [2.24, 2.45) is 88.8 Å². The maximum atomic E-state index is 2.47. The van der Waals surface area contributed by atoms with E-state index in [0.29, 0.717) is 0 Å². The van der Waals surface area contributed by atoms with Gasteiger partial charge < -0.3 is 0 Å². The predicted molar refractivity (Wildman–Crippen MR) is 318 cm³/mol. The van der Waals surface area contributed by atoms with Crippen molar-refractivity contribution in [2.45, 2.75) is 316 Å². The van der Waals surface area contributed by atoms with Gasteiger partial charge in [-0.05, 0) is 30.1 Å². The minimum atomic E-state index is 0. The fourth-order valence-corrected chi connectivity index (χ4v) is 21.4. The topological polar surface area (TPSA) is 0 Å². The third-order valence-corrected chi connectivity index (χ3v) is 29.8. The summed E-state index contributed by atoms with van der Waals surface area (Å²) >= 11 is 3.76. The molecule has 0 aliphatic heterocycles. The van der Waals surface area contributed by atoms with Gasteiger partial charge in [-0.15, -0.1) is 0 Å². The third kappa shape index (κ3) is 29.7. The molecule has 0 nitrogen and oxygen atoms in total. The summed E-state index contributed by atoms with van der Waals surface area (Å²) in [6.07, 6.45) is 66.0. The molecule has 0 aromatic heterocycles. The average Bonchev–Trinajstić information content (AvgIpc) is 3.33. The fraction of sp³-hybridized carbons (Fsp3) is 1.00. The first kappa shape index (κ1) is 76.0. The van der Waals surface area contributed by atoms with Gasteiger partial charge in [-0.2, -0.15) is 0 Å². The Morgan fingerprint density at radius 3 is 0.444 bits per heavy atom. The Morgan fingerprint density at radius 2 is 0.319 bits per heavy atom. The summed E-state index contributed by atoms with van der Waals surface area (Å²) in [7, 11) is 0. The van der Waals surface area contributed by atoms with Gasteiger partial charge >= 0.3 is 372 Å². The van der Waals surface area contributed by atoms with Gasteiger partial charge in [-0.3, -0.25) is 4.70 Å². The van der Waals surface area contributed by atoms with E-state index in [9.17, 15) is 0 Å². The number of rotatable bonds is 12. The van der Waals surface area contributed by atoms with Crippen molar-refractivity contribution in [1.82, 2.24) is 0 Å². The van der Waals surface area contributed by atoms with E-state index in [0.717, 1.165) is 88.8 Å². The van der Waals surface area contributed by atoms with E-state index in [1.54, 1.807) is 231 Å². The minimum absolute atomic E-state index is 0. The second kappa shape index (κ2) is 42.8. The van der Waals surface area contributed by atoms with Crippen LogP contribution >= 0.6 is 0 Å². The Hall–Kier alpha value is 6.01. The molecule has 9 saturated carbocycles. The van der Waals surface area contributed by atoms with Crippen molar-refractivity contribution in [3.05, 3.63) is 0 Å². The Labute approximate surface area is 580 Å². The first-order valence-electron chi connectivity index (χ1n) is 31.3. The van der Waals surface area contributed by atoms with Crippen LogP contribution in [0.25, 0.3) is 0 Å². The molecule has 0 heterocycles. The van der Waals surface area contributed by atoms with E-state index in [1.807, 2.05) is 0 Å². The van der Waals surface area contributed by atoms with Crippen LogP contribution in [0.5, 0.6) is 0 Å². The molecule has 9 rings (SSSR count). The van der Waals surface area contributed by atoms with Gasteiger partial charge in [0.05, 0.1) is 0 Å². The molecule has 72 heavy (non-hydrogen) atoms. The Balaban J connectivity index is -0.00000102. The van der Waals surface area contributed by atoms with Crippen molar-refractivity contribution in [3.8, 4) is 0 Å². The van der Waals surface area contributed by atoms with Crippen LogP contribution in [0, 0.1) is 88.8 Å². The number of halogens is 1. The molecule has 9 radical (unpaired) electrons. The van der Waals surface area contributed by atoms with Crippen LogP contribution < -0.4 is 0 Å². The molecule has 9 aliphatic rings. The molecule has 0 aromatic rings. The van der Waals surface area contributed by atoms with Crippen LogP contribution in [0.15, 0.2) is 0 Å². The second-order valence-corrected chi connectivity index (χ2v) is 38.8. The molecule has 0 unspecified atom stereocenters. The SMILES string of the molecule is C.C.CC1CCC(CC2CCC(CC3CCC(CC4CC[CH]([PbH])CC4)CC3)CC2)CC1.CC1CCC(CC2CCC(CC3CC[CH]([PbH])CC3)CC2)CC1.CC1CCC(CC2CC[CH]([PbH])CC2)CC1.F.[2HH].[2HH].[2HH].[Y].[Y].[Y]. The summed E-state index contributed by atoms with van der Waals surface area (Å²) in [5, 5.41) is 0. The molecular formula is C65H129FPb3Y3. The standard InChI is InChI=1S/C28H49.C21H37.C14H25.2CH4.FH.3Pb.3Y.3H2.3H/c1-22-7-9-24(10-8-22)20-26-15-17-28(18-16-26)21-27-13-11-25(12-14-27)19-23-5-3-2-4-6-23;1-17-7-9-19(10-8-17)16-21-13-11-20(12-14-21)15-18-5-3-2-4-6-18;1-12-7-9-14(10-8-12)11-13-5-3-2-4-6-13;;;;;;;;;;;;;;;/h2,22-28H,3-21H2,1H3;2,17-21H,3-16H2,1H3;2,12-14H,3-11H2,1H3;2*1H4;1H;;;;;;;3*1H;;;/i;;;;;;;;;;;;3*1+1;;;. The molecule has 0 amide bonds. The molecule has 0 N–H and O–H groups in total. The van der Waals surface area contributed by atoms with Gasteiger partial charge in [0.25, 0.3) is 0 Å². The van der Waals surface area contributed by atoms with Gasteiger partial charge in [0.15, 0.2) is 0 Å². The molecule has 0 saturated heterocycles. The normalized spacial score (nSPS) is 40.2. The first-order valence-corrected chi connectivity index (χ1v) is 39.1. The smallest absolute Gasteiger partial charge is 0 e. The van der Waals surface area contributed by atoms with Gasteiger partial charge in [0, 0.05) is 102 Å². The molecule has 9 aliphatic carbocycles. The van der Waals surface area contributed by atoms with Crippen LogP contribution in [-0.4, -0.2) is 77.3 Å². The van der Waals surface area contributed by atoms with E-state index in [2.05, 4.69) is 20.8 Å². The van der Waals surface area contributed by atoms with E-state index in [1.165, 1.54) is 126 Å². The zero-order valence-electron chi connectivity index (χ0n) is 47.0. The van der Waals surface area contributed by atoms with Crippen molar-refractivity contribution in [2.75, 3.05) is 0 Å². The maximum absolute atomic E-state index is 2.47. The molecule has 417 valence electrons. The van der Waals surface area contributed by atoms with Gasteiger partial charge in [0.1, 0.15) is 0 Å². The van der Waals surface area contributed by atoms with Crippen LogP contribution in [0.1, 0.15) is 310 Å². The third-order valence-electron chi connectivity index (χ3n) is 22.0. The van der Waals surface area contributed by atoms with Gasteiger partial charge in [-0.25, -0.2) is 0 Å². The molecule has 0 spiro atoms. The van der Waals surface area contributed by atoms with E-state index in [-0.39, 0.29) is 122 Å². The van der Waals surface area contributed by atoms with Crippen molar-refractivity contribution >= 4 is 77.3 Å². The predicted octanol–water partition coefficient (Wildman–Crippen LogP) is 21.0.